The minimum Gasteiger partial charge on any atom is -0.480 e. The number of benzene rings is 1. The number of fused-ring (bicyclic) bond motifs is 1. The SMILES string of the molecule is CC(NC(=O)C(Cc1c[nH]c2ccccc12)NC(=O)C(N)CS)C(=O)NC(CCCCN)C(=O)O. The molecule has 9 N–H and O–H groups in total. The van der Waals surface area contributed by atoms with E-state index >= 15 is 0 Å². The largest absolute Gasteiger partial charge is 0.480 e. The normalized spacial score (nSPS) is 14.5. The molecule has 0 saturated carbocycles. The van der Waals surface area contributed by atoms with Gasteiger partial charge >= 0.3 is 5.97 Å². The van der Waals surface area contributed by atoms with E-state index in [0.29, 0.717) is 19.4 Å². The first-order valence-corrected chi connectivity index (χ1v) is 12.1. The van der Waals surface area contributed by atoms with Crippen LogP contribution in [0.15, 0.2) is 30.5 Å². The number of nitrogens with two attached hydrogens (primary N) is 2. The molecule has 2 aromatic rings. The van der Waals surface area contributed by atoms with Crippen molar-refractivity contribution in [3.05, 3.63) is 36.0 Å². The molecule has 4 atom stereocenters. The number of para-hydroxylation sites is 1. The van der Waals surface area contributed by atoms with Crippen molar-refractivity contribution in [2.45, 2.75) is 56.8 Å². The topological polar surface area (TPSA) is 192 Å². The molecule has 1 heterocycles. The molecule has 4 unspecified atom stereocenters. The van der Waals surface area contributed by atoms with Crippen LogP contribution in [0.5, 0.6) is 0 Å². The van der Waals surface area contributed by atoms with E-state index in [2.05, 4.69) is 33.6 Å². The second-order valence-corrected chi connectivity index (χ2v) is 8.69. The number of aromatic nitrogens is 1. The standard InChI is InChI=1S/C23H34N6O5S/c1-13(20(30)28-18(23(33)34)8-4-5-9-24)27-22(32)19(29-21(31)16(25)12-35)10-14-11-26-17-7-3-2-6-15(14)17/h2-3,6-7,11,13,16,18-19,26,35H,4-5,8-10,12,24-25H2,1H3,(H,27,32)(H,28,30)(H,29,31)(H,33,34). The van der Waals surface area contributed by atoms with Crippen LogP contribution in [0, 0.1) is 0 Å². The number of nitrogens with one attached hydrogen (secondary N) is 4. The number of carboxylic acid groups (broad SMARTS) is 1. The Bertz CT molecular complexity index is 1030. The fraction of sp³-hybridized carbons (Fsp3) is 0.478. The van der Waals surface area contributed by atoms with E-state index in [1.54, 1.807) is 6.20 Å². The van der Waals surface area contributed by atoms with Gasteiger partial charge in [0.15, 0.2) is 0 Å². The molecule has 1 aromatic heterocycles. The predicted octanol–water partition coefficient (Wildman–Crippen LogP) is -0.345. The van der Waals surface area contributed by atoms with Crippen molar-refractivity contribution in [3.63, 3.8) is 0 Å². The molecule has 2 rings (SSSR count). The molecule has 0 aliphatic heterocycles. The van der Waals surface area contributed by atoms with E-state index in [-0.39, 0.29) is 18.6 Å². The van der Waals surface area contributed by atoms with Gasteiger partial charge in [-0.1, -0.05) is 18.2 Å². The maximum absolute atomic E-state index is 13.1. The molecule has 0 fully saturated rings. The zero-order valence-electron chi connectivity index (χ0n) is 19.6. The van der Waals surface area contributed by atoms with Gasteiger partial charge in [0, 0.05) is 29.3 Å². The molecule has 11 nitrogen and oxygen atoms in total. The highest BCUT2D eigenvalue weighted by atomic mass is 32.1. The third-order valence-electron chi connectivity index (χ3n) is 5.58. The summed E-state index contributed by atoms with van der Waals surface area (Å²) in [5.41, 5.74) is 12.9. The van der Waals surface area contributed by atoms with Crippen LogP contribution in [-0.4, -0.2) is 70.2 Å². The van der Waals surface area contributed by atoms with E-state index in [0.717, 1.165) is 16.5 Å². The zero-order chi connectivity index (χ0) is 26.0. The van der Waals surface area contributed by atoms with Crippen molar-refractivity contribution >= 4 is 47.2 Å². The minimum absolute atomic E-state index is 0.0901. The fourth-order valence-electron chi connectivity index (χ4n) is 3.52. The number of unbranched alkanes of at least 4 members (excludes halogenated alkanes) is 1. The van der Waals surface area contributed by atoms with Crippen molar-refractivity contribution < 1.29 is 24.3 Å². The lowest BCUT2D eigenvalue weighted by molar-refractivity contribution is -0.142. The lowest BCUT2D eigenvalue weighted by Crippen LogP contribution is -2.57. The van der Waals surface area contributed by atoms with Crippen molar-refractivity contribution in [2.24, 2.45) is 11.5 Å². The molecule has 0 spiro atoms. The number of rotatable bonds is 14. The van der Waals surface area contributed by atoms with E-state index in [4.69, 9.17) is 11.5 Å². The van der Waals surface area contributed by atoms with Crippen LogP contribution in [0.2, 0.25) is 0 Å². The number of thiol groups is 1. The van der Waals surface area contributed by atoms with E-state index < -0.39 is 47.9 Å². The first-order valence-electron chi connectivity index (χ1n) is 11.4. The average molecular weight is 507 g/mol. The van der Waals surface area contributed by atoms with E-state index in [1.165, 1.54) is 6.92 Å². The number of carboxylic acids is 1. The smallest absolute Gasteiger partial charge is 0.326 e. The van der Waals surface area contributed by atoms with Gasteiger partial charge in [-0.2, -0.15) is 12.6 Å². The molecule has 0 bridgehead atoms. The minimum atomic E-state index is -1.17. The van der Waals surface area contributed by atoms with Crippen molar-refractivity contribution in [3.8, 4) is 0 Å². The van der Waals surface area contributed by atoms with E-state index in [1.807, 2.05) is 24.3 Å². The molecular weight excluding hydrogens is 472 g/mol. The number of hydrogen-bond acceptors (Lipinski definition) is 7. The first-order chi connectivity index (χ1) is 16.7. The molecule has 12 heteroatoms. The molecule has 0 saturated heterocycles. The molecule has 192 valence electrons. The number of aliphatic carboxylic acids is 1. The van der Waals surface area contributed by atoms with Crippen molar-refractivity contribution in [1.82, 2.24) is 20.9 Å². The van der Waals surface area contributed by atoms with Gasteiger partial charge in [0.1, 0.15) is 18.1 Å². The van der Waals surface area contributed by atoms with Crippen LogP contribution in [-0.2, 0) is 25.6 Å². The summed E-state index contributed by atoms with van der Waals surface area (Å²) in [5, 5.41) is 17.9. The first kappa shape index (κ1) is 28.1. The Kier molecular flexibility index (Phi) is 11.0. The summed E-state index contributed by atoms with van der Waals surface area (Å²) >= 11 is 4.03. The number of aromatic amines is 1. The van der Waals surface area contributed by atoms with Gasteiger partial charge in [-0.3, -0.25) is 14.4 Å². The molecular formula is C23H34N6O5S. The summed E-state index contributed by atoms with van der Waals surface area (Å²) in [6.45, 7) is 1.86. The number of amides is 3. The summed E-state index contributed by atoms with van der Waals surface area (Å²) in [5.74, 6) is -2.88. The molecule has 35 heavy (non-hydrogen) atoms. The van der Waals surface area contributed by atoms with E-state index in [9.17, 15) is 24.3 Å². The second-order valence-electron chi connectivity index (χ2n) is 8.33. The van der Waals surface area contributed by atoms with Gasteiger partial charge < -0.3 is 37.5 Å². The van der Waals surface area contributed by atoms with Gasteiger partial charge in [-0.05, 0) is 44.4 Å². The van der Waals surface area contributed by atoms with Gasteiger partial charge in [0.05, 0.1) is 6.04 Å². The average Bonchev–Trinajstić information content (AvgIpc) is 3.24. The Morgan fingerprint density at radius 2 is 1.71 bits per heavy atom. The van der Waals surface area contributed by atoms with Gasteiger partial charge in [0.25, 0.3) is 0 Å². The Labute approximate surface area is 209 Å². The second kappa shape index (κ2) is 13.7. The van der Waals surface area contributed by atoms with Crippen LogP contribution in [0.3, 0.4) is 0 Å². The number of hydrogen-bond donors (Lipinski definition) is 8. The summed E-state index contributed by atoms with van der Waals surface area (Å²) < 4.78 is 0. The Hall–Kier alpha value is -3.09. The quantitative estimate of drug-likeness (QED) is 0.127. The third kappa shape index (κ3) is 8.26. The number of carbonyl (C=O) groups excluding carboxylic acids is 3. The summed E-state index contributed by atoms with van der Waals surface area (Å²) in [7, 11) is 0. The van der Waals surface area contributed by atoms with Gasteiger partial charge in [-0.15, -0.1) is 0 Å². The molecule has 0 radical (unpaired) electrons. The van der Waals surface area contributed by atoms with Gasteiger partial charge in [-0.25, -0.2) is 4.79 Å². The Morgan fingerprint density at radius 3 is 2.37 bits per heavy atom. The maximum Gasteiger partial charge on any atom is 0.326 e. The highest BCUT2D eigenvalue weighted by Gasteiger charge is 2.28. The fourth-order valence-corrected chi connectivity index (χ4v) is 3.68. The zero-order valence-corrected chi connectivity index (χ0v) is 20.5. The van der Waals surface area contributed by atoms with Gasteiger partial charge in [0.2, 0.25) is 17.7 Å². The van der Waals surface area contributed by atoms with Crippen LogP contribution in [0.4, 0.5) is 0 Å². The molecule has 3 amide bonds. The Morgan fingerprint density at radius 1 is 1.03 bits per heavy atom. The summed E-state index contributed by atoms with van der Waals surface area (Å²) in [6.07, 6.45) is 3.30. The molecule has 1 aromatic carbocycles. The predicted molar refractivity (Wildman–Crippen MR) is 136 cm³/mol. The third-order valence-corrected chi connectivity index (χ3v) is 5.97. The number of H-pyrrole nitrogens is 1. The number of carbonyl (C=O) groups is 4. The summed E-state index contributed by atoms with van der Waals surface area (Å²) in [4.78, 5) is 52.7. The highest BCUT2D eigenvalue weighted by Crippen LogP contribution is 2.19. The lowest BCUT2D eigenvalue weighted by Gasteiger charge is -2.23. The van der Waals surface area contributed by atoms with Crippen LogP contribution in [0.25, 0.3) is 10.9 Å². The van der Waals surface area contributed by atoms with Crippen LogP contribution < -0.4 is 27.4 Å². The van der Waals surface area contributed by atoms with Crippen molar-refractivity contribution in [1.29, 1.82) is 0 Å². The molecule has 0 aliphatic carbocycles. The monoisotopic (exact) mass is 506 g/mol. The van der Waals surface area contributed by atoms with Crippen molar-refractivity contribution in [2.75, 3.05) is 12.3 Å². The maximum atomic E-state index is 13.1. The van der Waals surface area contributed by atoms with Crippen LogP contribution >= 0.6 is 12.6 Å². The molecule has 0 aliphatic rings. The Balaban J connectivity index is 2.12. The highest BCUT2D eigenvalue weighted by molar-refractivity contribution is 7.80. The summed E-state index contributed by atoms with van der Waals surface area (Å²) in [6, 6.07) is 3.45. The lowest BCUT2D eigenvalue weighted by atomic mass is 10.0. The van der Waals surface area contributed by atoms with Crippen LogP contribution in [0.1, 0.15) is 31.7 Å².